The summed E-state index contributed by atoms with van der Waals surface area (Å²) in [4.78, 5) is 0.637. The number of morpholine rings is 1. The molecule has 1 heterocycles. The molecule has 0 radical (unpaired) electrons. The van der Waals surface area contributed by atoms with Crippen LogP contribution in [0.25, 0.3) is 0 Å². The third-order valence-electron chi connectivity index (χ3n) is 2.22. The van der Waals surface area contributed by atoms with Gasteiger partial charge in [-0.15, -0.1) is 0 Å². The van der Waals surface area contributed by atoms with Crippen LogP contribution in [0.1, 0.15) is 0 Å². The Hall–Kier alpha value is -0.780. The van der Waals surface area contributed by atoms with Crippen molar-refractivity contribution in [1.29, 1.82) is 0 Å². The summed E-state index contributed by atoms with van der Waals surface area (Å²) >= 11 is 0. The van der Waals surface area contributed by atoms with E-state index in [2.05, 4.69) is 0 Å². The Kier molecular flexibility index (Phi) is 3.45. The lowest BCUT2D eigenvalue weighted by Gasteiger charge is -2.25. The van der Waals surface area contributed by atoms with E-state index in [1.807, 2.05) is 4.31 Å². The van der Waals surface area contributed by atoms with Gasteiger partial charge in [-0.3, -0.25) is 0 Å². The summed E-state index contributed by atoms with van der Waals surface area (Å²) in [7, 11) is -1.19. The number of ether oxygens (including phenoxy) is 1. The van der Waals surface area contributed by atoms with Crippen LogP contribution in [0.3, 0.4) is 0 Å². The van der Waals surface area contributed by atoms with E-state index in [0.717, 1.165) is 0 Å². The minimum absolute atomic E-state index is 0.308. The molecule has 1 aliphatic heterocycles. The fraction of sp³-hybridized carbons (Fsp3) is 0.400. The van der Waals surface area contributed by atoms with Crippen LogP contribution in [0.2, 0.25) is 0 Å². The second-order valence-electron chi connectivity index (χ2n) is 3.24. The molecule has 1 aromatic carbocycles. The second-order valence-corrected chi connectivity index (χ2v) is 4.73. The fourth-order valence-electron chi connectivity index (χ4n) is 1.41. The van der Waals surface area contributed by atoms with Crippen molar-refractivity contribution in [3.63, 3.8) is 0 Å². The van der Waals surface area contributed by atoms with Crippen LogP contribution in [0.15, 0.2) is 29.2 Å². The first-order valence-electron chi connectivity index (χ1n) is 4.77. The van der Waals surface area contributed by atoms with Crippen molar-refractivity contribution >= 4 is 11.0 Å². The highest BCUT2D eigenvalue weighted by Crippen LogP contribution is 2.12. The maximum absolute atomic E-state index is 12.7. The summed E-state index contributed by atoms with van der Waals surface area (Å²) in [6.45, 7) is 2.52. The maximum atomic E-state index is 12.7. The van der Waals surface area contributed by atoms with Crippen molar-refractivity contribution in [3.05, 3.63) is 30.1 Å². The lowest BCUT2D eigenvalue weighted by molar-refractivity contribution is 0.0752. The number of nitrogens with zero attached hydrogens (tertiary/aromatic N) is 1. The molecule has 1 atom stereocenters. The van der Waals surface area contributed by atoms with Crippen molar-refractivity contribution in [2.45, 2.75) is 4.90 Å². The zero-order valence-corrected chi connectivity index (χ0v) is 9.00. The molecule has 0 aromatic heterocycles. The van der Waals surface area contributed by atoms with Gasteiger partial charge >= 0.3 is 0 Å². The van der Waals surface area contributed by atoms with E-state index in [9.17, 15) is 8.60 Å². The molecule has 1 fully saturated rings. The molecule has 15 heavy (non-hydrogen) atoms. The van der Waals surface area contributed by atoms with Crippen LogP contribution < -0.4 is 0 Å². The predicted molar refractivity (Wildman–Crippen MR) is 55.2 cm³/mol. The highest BCUT2D eigenvalue weighted by Gasteiger charge is 2.17. The average molecular weight is 229 g/mol. The molecule has 0 spiro atoms. The van der Waals surface area contributed by atoms with Gasteiger partial charge in [-0.2, -0.15) is 0 Å². The summed E-state index contributed by atoms with van der Waals surface area (Å²) in [6, 6.07) is 5.77. The van der Waals surface area contributed by atoms with Gasteiger partial charge in [0.2, 0.25) is 0 Å². The smallest absolute Gasteiger partial charge is 0.127 e. The Morgan fingerprint density at radius 2 is 1.80 bits per heavy atom. The Morgan fingerprint density at radius 3 is 2.40 bits per heavy atom. The van der Waals surface area contributed by atoms with E-state index in [-0.39, 0.29) is 5.82 Å². The van der Waals surface area contributed by atoms with Crippen molar-refractivity contribution in [3.8, 4) is 0 Å². The maximum Gasteiger partial charge on any atom is 0.127 e. The minimum Gasteiger partial charge on any atom is -0.379 e. The number of rotatable bonds is 2. The molecule has 1 unspecified atom stereocenters. The number of hydrogen-bond acceptors (Lipinski definition) is 2. The standard InChI is InChI=1S/C10H12FNO2S/c11-9-1-3-10(4-2-9)15(13)12-5-7-14-8-6-12/h1-4H,5-8H2. The van der Waals surface area contributed by atoms with Crippen molar-refractivity contribution in [2.24, 2.45) is 0 Å². The Balaban J connectivity index is 2.09. The molecule has 1 saturated heterocycles. The third kappa shape index (κ3) is 2.62. The van der Waals surface area contributed by atoms with Crippen LogP contribution in [-0.4, -0.2) is 34.8 Å². The molecule has 3 nitrogen and oxygen atoms in total. The van der Waals surface area contributed by atoms with Crippen LogP contribution in [0, 0.1) is 5.82 Å². The largest absolute Gasteiger partial charge is 0.379 e. The van der Waals surface area contributed by atoms with Gasteiger partial charge in [-0.25, -0.2) is 12.9 Å². The Morgan fingerprint density at radius 1 is 1.20 bits per heavy atom. The highest BCUT2D eigenvalue weighted by atomic mass is 32.2. The molecule has 0 amide bonds. The van der Waals surface area contributed by atoms with Gasteiger partial charge in [0.15, 0.2) is 0 Å². The van der Waals surface area contributed by atoms with E-state index < -0.39 is 11.0 Å². The first-order chi connectivity index (χ1) is 7.27. The molecule has 0 bridgehead atoms. The van der Waals surface area contributed by atoms with E-state index in [0.29, 0.717) is 31.2 Å². The van der Waals surface area contributed by atoms with Gasteiger partial charge in [0.1, 0.15) is 16.8 Å². The molecule has 1 aliphatic rings. The Labute approximate surface area is 90.4 Å². The molecule has 1 aromatic rings. The zero-order chi connectivity index (χ0) is 10.7. The first kappa shape index (κ1) is 10.7. The topological polar surface area (TPSA) is 29.5 Å². The lowest BCUT2D eigenvalue weighted by Crippen LogP contribution is -2.37. The molecule has 0 aliphatic carbocycles. The SMILES string of the molecule is O=S(c1ccc(F)cc1)N1CCOCC1. The van der Waals surface area contributed by atoms with Gasteiger partial charge in [0.25, 0.3) is 0 Å². The normalized spacial score (nSPS) is 20.1. The summed E-state index contributed by atoms with van der Waals surface area (Å²) in [5.74, 6) is -0.308. The van der Waals surface area contributed by atoms with Gasteiger partial charge in [0, 0.05) is 13.1 Å². The molecular formula is C10H12FNO2S. The fourth-order valence-corrected chi connectivity index (χ4v) is 2.56. The van der Waals surface area contributed by atoms with Crippen molar-refractivity contribution in [1.82, 2.24) is 4.31 Å². The number of hydrogen-bond donors (Lipinski definition) is 0. The summed E-state index contributed by atoms with van der Waals surface area (Å²) < 4.78 is 31.6. The second kappa shape index (κ2) is 4.83. The van der Waals surface area contributed by atoms with E-state index >= 15 is 0 Å². The molecule has 0 N–H and O–H groups in total. The first-order valence-corrected chi connectivity index (χ1v) is 5.88. The summed E-state index contributed by atoms with van der Waals surface area (Å²) in [5, 5.41) is 0. The van der Waals surface area contributed by atoms with E-state index in [1.165, 1.54) is 12.1 Å². The zero-order valence-electron chi connectivity index (χ0n) is 8.19. The third-order valence-corrected chi connectivity index (χ3v) is 3.73. The van der Waals surface area contributed by atoms with Gasteiger partial charge < -0.3 is 4.74 Å². The van der Waals surface area contributed by atoms with E-state index in [4.69, 9.17) is 4.74 Å². The monoisotopic (exact) mass is 229 g/mol. The molecule has 0 saturated carbocycles. The van der Waals surface area contributed by atoms with Gasteiger partial charge in [-0.1, -0.05) is 0 Å². The van der Waals surface area contributed by atoms with Gasteiger partial charge in [0.05, 0.1) is 18.1 Å². The molecule has 5 heteroatoms. The van der Waals surface area contributed by atoms with Crippen LogP contribution in [0.4, 0.5) is 4.39 Å². The quantitative estimate of drug-likeness (QED) is 0.762. The van der Waals surface area contributed by atoms with Crippen LogP contribution in [0.5, 0.6) is 0 Å². The summed E-state index contributed by atoms with van der Waals surface area (Å²) in [5.41, 5.74) is 0. The van der Waals surface area contributed by atoms with E-state index in [1.54, 1.807) is 12.1 Å². The lowest BCUT2D eigenvalue weighted by atomic mass is 10.4. The van der Waals surface area contributed by atoms with Crippen LogP contribution in [-0.2, 0) is 15.7 Å². The van der Waals surface area contributed by atoms with Crippen molar-refractivity contribution < 1.29 is 13.3 Å². The average Bonchev–Trinajstić information content (AvgIpc) is 2.30. The molecular weight excluding hydrogens is 217 g/mol. The number of halogens is 1. The predicted octanol–water partition coefficient (Wildman–Crippen LogP) is 1.18. The molecule has 82 valence electrons. The molecule has 2 rings (SSSR count). The minimum atomic E-state index is -1.19. The van der Waals surface area contributed by atoms with Gasteiger partial charge in [-0.05, 0) is 24.3 Å². The Bertz CT molecular complexity index is 349. The summed E-state index contributed by atoms with van der Waals surface area (Å²) in [6.07, 6.45) is 0. The van der Waals surface area contributed by atoms with Crippen LogP contribution >= 0.6 is 0 Å². The highest BCUT2D eigenvalue weighted by molar-refractivity contribution is 7.82. The van der Waals surface area contributed by atoms with Crippen molar-refractivity contribution in [2.75, 3.05) is 26.3 Å². The number of benzene rings is 1.